The Labute approximate surface area is 158 Å². The molecule has 0 saturated heterocycles. The number of benzene rings is 1. The van der Waals surface area contributed by atoms with Crippen molar-refractivity contribution >= 4 is 21.8 Å². The third-order valence-corrected chi connectivity index (χ3v) is 3.84. The summed E-state index contributed by atoms with van der Waals surface area (Å²) in [7, 11) is 5.14. The van der Waals surface area contributed by atoms with Gasteiger partial charge in [0.15, 0.2) is 11.6 Å². The van der Waals surface area contributed by atoms with E-state index in [1.54, 1.807) is 28.8 Å². The molecule has 3 aromatic heterocycles. The molecule has 4 aromatic rings. The maximum absolute atomic E-state index is 13.7. The number of hydrogen-bond acceptors (Lipinski definition) is 4. The van der Waals surface area contributed by atoms with E-state index in [0.717, 1.165) is 27.5 Å². The summed E-state index contributed by atoms with van der Waals surface area (Å²) < 4.78 is 22.1. The highest BCUT2D eigenvalue weighted by Crippen LogP contribution is 2.28. The fraction of sp³-hybridized carbons (Fsp3) is 0.350. The molecule has 0 aliphatic carbocycles. The molecular formula is C20H26FN5O. The summed E-state index contributed by atoms with van der Waals surface area (Å²) in [5.41, 5.74) is 3.13. The normalized spacial score (nSPS) is 10.2. The highest BCUT2D eigenvalue weighted by molar-refractivity contribution is 5.81. The second kappa shape index (κ2) is 8.62. The van der Waals surface area contributed by atoms with Crippen molar-refractivity contribution in [3.05, 3.63) is 47.8 Å². The molecule has 0 aliphatic heterocycles. The number of halogens is 1. The average Bonchev–Trinajstić information content (AvgIpc) is 3.18. The number of nitrogens with zero attached hydrogens (tertiary/aromatic N) is 5. The lowest BCUT2D eigenvalue weighted by atomic mass is 10.1. The third kappa shape index (κ3) is 4.42. The highest BCUT2D eigenvalue weighted by atomic mass is 19.1. The molecule has 0 amide bonds. The molecule has 27 heavy (non-hydrogen) atoms. The number of ether oxygens (including phenoxy) is 1. The first kappa shape index (κ1) is 20.4. The van der Waals surface area contributed by atoms with Crippen LogP contribution < -0.4 is 4.74 Å². The number of fused-ring (bicyclic) bond motifs is 2. The summed E-state index contributed by atoms with van der Waals surface area (Å²) in [5.74, 6) is -0.112. The molecule has 144 valence electrons. The Morgan fingerprint density at radius 1 is 0.963 bits per heavy atom. The fourth-order valence-corrected chi connectivity index (χ4v) is 2.77. The molecule has 6 nitrogen and oxygen atoms in total. The first-order valence-corrected chi connectivity index (χ1v) is 8.81. The van der Waals surface area contributed by atoms with Crippen LogP contribution in [0.15, 0.2) is 30.7 Å². The molecule has 0 atom stereocenters. The van der Waals surface area contributed by atoms with Gasteiger partial charge in [-0.05, 0) is 31.5 Å². The first-order chi connectivity index (χ1) is 12.9. The number of aryl methyl sites for hydroxylation is 4. The van der Waals surface area contributed by atoms with Crippen LogP contribution in [0, 0.1) is 19.7 Å². The van der Waals surface area contributed by atoms with Crippen molar-refractivity contribution in [3.63, 3.8) is 0 Å². The van der Waals surface area contributed by atoms with Crippen molar-refractivity contribution < 1.29 is 9.13 Å². The van der Waals surface area contributed by atoms with Crippen LogP contribution in [0.25, 0.3) is 21.8 Å². The van der Waals surface area contributed by atoms with Crippen LogP contribution in [0.1, 0.15) is 25.1 Å². The standard InChI is InChI=1S/C10H11FN2O.C8H9N3.C2H6/c1-6-4-7-5-13(2)12-9(7)8(11)10(6)14-3;1-6-3-7-5-11(2)10-8(7)4-9-6;1-2/h4-5H,1-3H3;3-5H,1-2H3;1-2H3. The zero-order valence-electron chi connectivity index (χ0n) is 16.9. The van der Waals surface area contributed by atoms with E-state index < -0.39 is 0 Å². The lowest BCUT2D eigenvalue weighted by Crippen LogP contribution is -1.93. The van der Waals surface area contributed by atoms with Crippen LogP contribution in [0.5, 0.6) is 5.75 Å². The summed E-state index contributed by atoms with van der Waals surface area (Å²) in [6.45, 7) is 7.79. The maximum Gasteiger partial charge on any atom is 0.193 e. The molecule has 0 saturated carbocycles. The fourth-order valence-electron chi connectivity index (χ4n) is 2.77. The summed E-state index contributed by atoms with van der Waals surface area (Å²) in [6.07, 6.45) is 5.57. The van der Waals surface area contributed by atoms with E-state index in [1.165, 1.54) is 7.11 Å². The zero-order valence-corrected chi connectivity index (χ0v) is 16.9. The van der Waals surface area contributed by atoms with Crippen LogP contribution >= 0.6 is 0 Å². The minimum Gasteiger partial charge on any atom is -0.493 e. The van der Waals surface area contributed by atoms with E-state index in [9.17, 15) is 4.39 Å². The Hall–Kier alpha value is -2.96. The SMILES string of the molecule is CC.COc1c(C)cc2cn(C)nc2c1F.Cc1cc2cn(C)nc2cn1. The van der Waals surface area contributed by atoms with Crippen molar-refractivity contribution in [2.24, 2.45) is 14.1 Å². The van der Waals surface area contributed by atoms with Gasteiger partial charge in [0, 0.05) is 43.0 Å². The molecule has 0 radical (unpaired) electrons. The van der Waals surface area contributed by atoms with Crippen molar-refractivity contribution in [3.8, 4) is 5.75 Å². The average molecular weight is 371 g/mol. The zero-order chi connectivity index (χ0) is 20.1. The predicted molar refractivity (Wildman–Crippen MR) is 107 cm³/mol. The van der Waals surface area contributed by atoms with Crippen LogP contribution in [0.2, 0.25) is 0 Å². The van der Waals surface area contributed by atoms with Crippen LogP contribution in [-0.4, -0.2) is 31.7 Å². The lowest BCUT2D eigenvalue weighted by molar-refractivity contribution is 0.385. The van der Waals surface area contributed by atoms with Crippen molar-refractivity contribution in [1.82, 2.24) is 24.5 Å². The number of hydrogen-bond donors (Lipinski definition) is 0. The monoisotopic (exact) mass is 371 g/mol. The van der Waals surface area contributed by atoms with E-state index in [-0.39, 0.29) is 11.6 Å². The molecule has 0 N–H and O–H groups in total. The smallest absolute Gasteiger partial charge is 0.193 e. The number of methoxy groups -OCH3 is 1. The van der Waals surface area contributed by atoms with Gasteiger partial charge >= 0.3 is 0 Å². The summed E-state index contributed by atoms with van der Waals surface area (Å²) in [6, 6.07) is 3.90. The largest absolute Gasteiger partial charge is 0.493 e. The van der Waals surface area contributed by atoms with Gasteiger partial charge < -0.3 is 4.74 Å². The second-order valence-corrected chi connectivity index (χ2v) is 5.97. The van der Waals surface area contributed by atoms with Crippen LogP contribution in [0.4, 0.5) is 4.39 Å². The first-order valence-electron chi connectivity index (χ1n) is 8.81. The molecule has 0 unspecified atom stereocenters. The molecule has 3 heterocycles. The van der Waals surface area contributed by atoms with Gasteiger partial charge in [-0.2, -0.15) is 10.2 Å². The number of rotatable bonds is 1. The van der Waals surface area contributed by atoms with E-state index in [1.807, 2.05) is 53.1 Å². The van der Waals surface area contributed by atoms with Gasteiger partial charge in [-0.15, -0.1) is 0 Å². The Morgan fingerprint density at radius 3 is 2.26 bits per heavy atom. The molecule has 0 fully saturated rings. The Balaban J connectivity index is 0.000000181. The minimum absolute atomic E-state index is 0.274. The van der Waals surface area contributed by atoms with Gasteiger partial charge in [0.1, 0.15) is 11.0 Å². The van der Waals surface area contributed by atoms with Gasteiger partial charge in [0.05, 0.1) is 13.3 Å². The molecule has 4 rings (SSSR count). The maximum atomic E-state index is 13.7. The van der Waals surface area contributed by atoms with Crippen LogP contribution in [0.3, 0.4) is 0 Å². The molecule has 0 bridgehead atoms. The summed E-state index contributed by atoms with van der Waals surface area (Å²) in [4.78, 5) is 4.14. The minimum atomic E-state index is -0.386. The number of aromatic nitrogens is 5. The summed E-state index contributed by atoms with van der Waals surface area (Å²) >= 11 is 0. The van der Waals surface area contributed by atoms with Gasteiger partial charge in [-0.1, -0.05) is 13.8 Å². The Kier molecular flexibility index (Phi) is 6.50. The van der Waals surface area contributed by atoms with E-state index in [4.69, 9.17) is 4.74 Å². The molecule has 0 aliphatic rings. The number of pyridine rings is 1. The second-order valence-electron chi connectivity index (χ2n) is 5.97. The van der Waals surface area contributed by atoms with Gasteiger partial charge in [-0.25, -0.2) is 4.39 Å². The Morgan fingerprint density at radius 2 is 1.59 bits per heavy atom. The van der Waals surface area contributed by atoms with Crippen LogP contribution in [-0.2, 0) is 14.1 Å². The third-order valence-electron chi connectivity index (χ3n) is 3.84. The molecular weight excluding hydrogens is 345 g/mol. The molecule has 7 heteroatoms. The summed E-state index contributed by atoms with van der Waals surface area (Å²) in [5, 5.41) is 10.2. The molecule has 1 aromatic carbocycles. The van der Waals surface area contributed by atoms with Gasteiger partial charge in [-0.3, -0.25) is 14.3 Å². The molecule has 0 spiro atoms. The van der Waals surface area contributed by atoms with Gasteiger partial charge in [0.25, 0.3) is 0 Å². The van der Waals surface area contributed by atoms with E-state index >= 15 is 0 Å². The van der Waals surface area contributed by atoms with Crippen molar-refractivity contribution in [2.75, 3.05) is 7.11 Å². The van der Waals surface area contributed by atoms with E-state index in [2.05, 4.69) is 15.2 Å². The predicted octanol–water partition coefficient (Wildman–Crippen LogP) is 4.33. The highest BCUT2D eigenvalue weighted by Gasteiger charge is 2.13. The van der Waals surface area contributed by atoms with Gasteiger partial charge in [0.2, 0.25) is 0 Å². The van der Waals surface area contributed by atoms with E-state index in [0.29, 0.717) is 5.52 Å². The Bertz CT molecular complexity index is 1050. The van der Waals surface area contributed by atoms with Crippen molar-refractivity contribution in [2.45, 2.75) is 27.7 Å². The topological polar surface area (TPSA) is 57.8 Å². The van der Waals surface area contributed by atoms with Crippen molar-refractivity contribution in [1.29, 1.82) is 0 Å². The quantitative estimate of drug-likeness (QED) is 0.500. The lowest BCUT2D eigenvalue weighted by Gasteiger charge is -2.05.